The van der Waals surface area contributed by atoms with Crippen LogP contribution in [0.4, 0.5) is 0 Å². The normalized spacial score (nSPS) is 18.8. The van der Waals surface area contributed by atoms with Crippen LogP contribution in [0.15, 0.2) is 36.3 Å². The van der Waals surface area contributed by atoms with Gasteiger partial charge >= 0.3 is 0 Å². The predicted molar refractivity (Wildman–Crippen MR) is 56.5 cm³/mol. The van der Waals surface area contributed by atoms with Crippen molar-refractivity contribution in [2.75, 3.05) is 6.54 Å². The molecule has 0 saturated carbocycles. The zero-order valence-electron chi connectivity index (χ0n) is 8.65. The second-order valence-corrected chi connectivity index (χ2v) is 3.15. The minimum atomic E-state index is -1.15. The summed E-state index contributed by atoms with van der Waals surface area (Å²) in [5, 5.41) is 30.2. The van der Waals surface area contributed by atoms with Gasteiger partial charge in [-0.1, -0.05) is 6.08 Å². The van der Waals surface area contributed by atoms with E-state index in [2.05, 4.69) is 6.58 Å². The maximum atomic E-state index is 10.7. The maximum Gasteiger partial charge on any atom is 0.291 e. The number of nitriles is 1. The lowest BCUT2D eigenvalue weighted by Gasteiger charge is -2.23. The summed E-state index contributed by atoms with van der Waals surface area (Å²) in [6.45, 7) is 3.54. The Bertz CT molecular complexity index is 474. The second kappa shape index (κ2) is 4.89. The van der Waals surface area contributed by atoms with Crippen LogP contribution in [-0.2, 0) is 0 Å². The fourth-order valence-corrected chi connectivity index (χ4v) is 1.38. The van der Waals surface area contributed by atoms with Crippen LogP contribution in [0.3, 0.4) is 0 Å². The molecule has 17 heavy (non-hydrogen) atoms. The van der Waals surface area contributed by atoms with E-state index in [1.807, 2.05) is 0 Å². The topological polar surface area (TPSA) is 113 Å². The molecule has 0 aromatic rings. The smallest absolute Gasteiger partial charge is 0.291 e. The van der Waals surface area contributed by atoms with Crippen LogP contribution >= 0.6 is 0 Å². The third-order valence-corrected chi connectivity index (χ3v) is 2.09. The van der Waals surface area contributed by atoms with Crippen LogP contribution in [0.2, 0.25) is 0 Å². The second-order valence-electron chi connectivity index (χ2n) is 3.15. The first-order valence-electron chi connectivity index (χ1n) is 4.49. The van der Waals surface area contributed by atoms with Crippen LogP contribution in [0.25, 0.3) is 0 Å². The minimum Gasteiger partial charge on any atom is -0.344 e. The van der Waals surface area contributed by atoms with E-state index in [0.29, 0.717) is 0 Å². The zero-order chi connectivity index (χ0) is 13.0. The van der Waals surface area contributed by atoms with Gasteiger partial charge in [0.2, 0.25) is 6.04 Å². The third-order valence-electron chi connectivity index (χ3n) is 2.09. The van der Waals surface area contributed by atoms with Crippen molar-refractivity contribution in [1.29, 1.82) is 5.26 Å². The van der Waals surface area contributed by atoms with Crippen molar-refractivity contribution in [2.45, 2.75) is 6.04 Å². The van der Waals surface area contributed by atoms with Crippen LogP contribution in [0.5, 0.6) is 0 Å². The molecule has 0 amide bonds. The van der Waals surface area contributed by atoms with Gasteiger partial charge in [0, 0.05) is 6.54 Å². The molecule has 0 N–H and O–H groups in total. The van der Waals surface area contributed by atoms with Gasteiger partial charge in [0.25, 0.3) is 11.4 Å². The molecule has 0 aromatic carbocycles. The van der Waals surface area contributed by atoms with E-state index in [1.165, 1.54) is 11.0 Å². The first-order chi connectivity index (χ1) is 8.01. The molecule has 8 heteroatoms. The van der Waals surface area contributed by atoms with Gasteiger partial charge in [-0.15, -0.1) is 6.58 Å². The van der Waals surface area contributed by atoms with E-state index in [9.17, 15) is 20.2 Å². The van der Waals surface area contributed by atoms with Crippen molar-refractivity contribution in [3.63, 3.8) is 0 Å². The van der Waals surface area contributed by atoms with Gasteiger partial charge in [0.1, 0.15) is 0 Å². The number of nitro groups is 2. The highest BCUT2D eigenvalue weighted by Crippen LogP contribution is 2.21. The lowest BCUT2D eigenvalue weighted by atomic mass is 10.1. The monoisotopic (exact) mass is 236 g/mol. The average Bonchev–Trinajstić information content (AvgIpc) is 2.28. The van der Waals surface area contributed by atoms with Crippen LogP contribution < -0.4 is 0 Å². The van der Waals surface area contributed by atoms with Gasteiger partial charge in [-0.3, -0.25) is 20.2 Å². The molecule has 0 fully saturated rings. The molecule has 0 aliphatic carbocycles. The lowest BCUT2D eigenvalue weighted by Crippen LogP contribution is -2.37. The molecule has 1 unspecified atom stereocenters. The van der Waals surface area contributed by atoms with Gasteiger partial charge < -0.3 is 4.90 Å². The van der Waals surface area contributed by atoms with Gasteiger partial charge in [-0.05, 0) is 0 Å². The Kier molecular flexibility index (Phi) is 3.56. The molecule has 88 valence electrons. The molecule has 0 spiro atoms. The molecule has 0 saturated heterocycles. The Morgan fingerprint density at radius 1 is 1.53 bits per heavy atom. The largest absolute Gasteiger partial charge is 0.344 e. The Morgan fingerprint density at radius 2 is 2.18 bits per heavy atom. The summed E-state index contributed by atoms with van der Waals surface area (Å²) in [5.41, 5.74) is -0.936. The minimum absolute atomic E-state index is 0.112. The van der Waals surface area contributed by atoms with Gasteiger partial charge in [0.05, 0.1) is 28.2 Å². The molecule has 8 nitrogen and oxygen atoms in total. The van der Waals surface area contributed by atoms with Crippen LogP contribution in [0.1, 0.15) is 0 Å². The van der Waals surface area contributed by atoms with E-state index < -0.39 is 27.3 Å². The molecule has 1 aliphatic rings. The van der Waals surface area contributed by atoms with Gasteiger partial charge in [-0.2, -0.15) is 5.26 Å². The highest BCUT2D eigenvalue weighted by atomic mass is 16.6. The van der Waals surface area contributed by atoms with Crippen molar-refractivity contribution in [2.24, 2.45) is 0 Å². The highest BCUT2D eigenvalue weighted by Gasteiger charge is 2.35. The summed E-state index contributed by atoms with van der Waals surface area (Å²) in [6.07, 6.45) is 3.30. The molecular formula is C9H8N4O4. The number of allylic oxidation sites excluding steroid dienone is 1. The Morgan fingerprint density at radius 3 is 2.59 bits per heavy atom. The summed E-state index contributed by atoms with van der Waals surface area (Å²) in [6, 6.07) is 0.584. The zero-order valence-corrected chi connectivity index (χ0v) is 8.65. The van der Waals surface area contributed by atoms with E-state index >= 15 is 0 Å². The van der Waals surface area contributed by atoms with Gasteiger partial charge in [-0.25, -0.2) is 0 Å². The number of hydrogen-bond donors (Lipinski definition) is 0. The van der Waals surface area contributed by atoms with E-state index in [0.717, 1.165) is 12.3 Å². The summed E-state index contributed by atoms with van der Waals surface area (Å²) < 4.78 is 0. The predicted octanol–water partition coefficient (Wildman–Crippen LogP) is 0.659. The SMILES string of the molecule is C=CCN1C=C([N+](=O)[O-])C=C([N+](=O)[O-])C1C#N. The maximum absolute atomic E-state index is 10.7. The molecule has 0 radical (unpaired) electrons. The number of rotatable bonds is 4. The molecule has 0 bridgehead atoms. The Labute approximate surface area is 96.0 Å². The summed E-state index contributed by atoms with van der Waals surface area (Å²) >= 11 is 0. The molecule has 1 rings (SSSR count). The quantitative estimate of drug-likeness (QED) is 0.402. The average molecular weight is 236 g/mol. The first-order valence-corrected chi connectivity index (χ1v) is 4.49. The molecule has 1 aliphatic heterocycles. The molecule has 0 aromatic heterocycles. The highest BCUT2D eigenvalue weighted by molar-refractivity contribution is 5.28. The number of hydrogen-bond acceptors (Lipinski definition) is 6. The standard InChI is InChI=1S/C9H8N4O4/c1-2-3-11-6-7(12(14)15)4-8(13(16)17)9(11)5-10/h2,4,6,9H,1,3H2. The van der Waals surface area contributed by atoms with E-state index in [4.69, 9.17) is 5.26 Å². The number of nitrogens with zero attached hydrogens (tertiary/aromatic N) is 4. The summed E-state index contributed by atoms with van der Waals surface area (Å²) in [7, 11) is 0. The van der Waals surface area contributed by atoms with Crippen LogP contribution in [0, 0.1) is 31.6 Å². The Balaban J connectivity index is 3.23. The van der Waals surface area contributed by atoms with Crippen molar-refractivity contribution in [1.82, 2.24) is 4.90 Å². The van der Waals surface area contributed by atoms with Crippen molar-refractivity contribution in [3.05, 3.63) is 56.6 Å². The van der Waals surface area contributed by atoms with E-state index in [-0.39, 0.29) is 6.54 Å². The van der Waals surface area contributed by atoms with E-state index in [1.54, 1.807) is 6.07 Å². The third kappa shape index (κ3) is 2.46. The van der Waals surface area contributed by atoms with Crippen LogP contribution in [-0.4, -0.2) is 27.3 Å². The first kappa shape index (κ1) is 12.4. The van der Waals surface area contributed by atoms with Gasteiger partial charge in [0.15, 0.2) is 0 Å². The molecule has 1 atom stereocenters. The van der Waals surface area contributed by atoms with Crippen molar-refractivity contribution >= 4 is 0 Å². The Hall–Kier alpha value is -2.69. The molecule has 1 heterocycles. The fraction of sp³-hybridized carbons (Fsp3) is 0.222. The lowest BCUT2D eigenvalue weighted by molar-refractivity contribution is -0.441. The fourth-order valence-electron chi connectivity index (χ4n) is 1.38. The summed E-state index contributed by atoms with van der Waals surface area (Å²) in [5.74, 6) is 0. The van der Waals surface area contributed by atoms with Crippen molar-refractivity contribution < 1.29 is 9.85 Å². The summed E-state index contributed by atoms with van der Waals surface area (Å²) in [4.78, 5) is 21.0. The van der Waals surface area contributed by atoms with Crippen molar-refractivity contribution in [3.8, 4) is 6.07 Å². The molecular weight excluding hydrogens is 228 g/mol.